The summed E-state index contributed by atoms with van der Waals surface area (Å²) in [5.74, 6) is -1.72. The van der Waals surface area contributed by atoms with Crippen LogP contribution in [0, 0.1) is 0 Å². The molecule has 2 atom stereocenters. The molecule has 0 saturated heterocycles. The Bertz CT molecular complexity index is 859. The summed E-state index contributed by atoms with van der Waals surface area (Å²) in [7, 11) is -4.67. The number of aliphatic carboxylic acids is 2. The summed E-state index contributed by atoms with van der Waals surface area (Å²) < 4.78 is 31.6. The SMILES string of the molecule is NC(Cc1ccc(O)cc1)C(=O)O.NC(Cc1ccc(O)cc1)C(=O)O.O=S(=O)(O)O. The van der Waals surface area contributed by atoms with E-state index in [9.17, 15) is 9.59 Å². The smallest absolute Gasteiger partial charge is 0.394 e. The van der Waals surface area contributed by atoms with E-state index in [1.54, 1.807) is 24.3 Å². The summed E-state index contributed by atoms with van der Waals surface area (Å²) >= 11 is 0. The molecule has 2 aromatic rings. The zero-order valence-electron chi connectivity index (χ0n) is 16.1. The molecule has 0 heterocycles. The van der Waals surface area contributed by atoms with Gasteiger partial charge in [-0.15, -0.1) is 0 Å². The van der Waals surface area contributed by atoms with Crippen LogP contribution in [0.25, 0.3) is 0 Å². The van der Waals surface area contributed by atoms with Crippen molar-refractivity contribution in [2.24, 2.45) is 11.5 Å². The molecule has 2 unspecified atom stereocenters. The minimum Gasteiger partial charge on any atom is -0.508 e. The van der Waals surface area contributed by atoms with E-state index in [0.717, 1.165) is 11.1 Å². The number of aromatic hydroxyl groups is 2. The lowest BCUT2D eigenvalue weighted by molar-refractivity contribution is -0.139. The second kappa shape index (κ2) is 13.1. The van der Waals surface area contributed by atoms with E-state index in [0.29, 0.717) is 0 Å². The molecule has 31 heavy (non-hydrogen) atoms. The molecule has 0 saturated carbocycles. The van der Waals surface area contributed by atoms with Gasteiger partial charge < -0.3 is 31.9 Å². The van der Waals surface area contributed by atoms with Crippen LogP contribution >= 0.6 is 0 Å². The van der Waals surface area contributed by atoms with E-state index >= 15 is 0 Å². The van der Waals surface area contributed by atoms with Gasteiger partial charge in [-0.2, -0.15) is 8.42 Å². The van der Waals surface area contributed by atoms with Crippen LogP contribution < -0.4 is 11.5 Å². The third-order valence-corrected chi connectivity index (χ3v) is 3.42. The highest BCUT2D eigenvalue weighted by molar-refractivity contribution is 7.79. The van der Waals surface area contributed by atoms with Crippen LogP contribution in [0.15, 0.2) is 48.5 Å². The van der Waals surface area contributed by atoms with Gasteiger partial charge in [-0.25, -0.2) is 0 Å². The lowest BCUT2D eigenvalue weighted by Gasteiger charge is -2.05. The summed E-state index contributed by atoms with van der Waals surface area (Å²) in [6, 6.07) is 10.8. The third-order valence-electron chi connectivity index (χ3n) is 3.42. The average Bonchev–Trinajstić information content (AvgIpc) is 2.64. The van der Waals surface area contributed by atoms with Crippen molar-refractivity contribution in [2.75, 3.05) is 0 Å². The zero-order chi connectivity index (χ0) is 24.2. The molecule has 2 aromatic carbocycles. The van der Waals surface area contributed by atoms with Gasteiger partial charge in [-0.1, -0.05) is 24.3 Å². The van der Waals surface area contributed by atoms with Crippen LogP contribution in [0.4, 0.5) is 0 Å². The van der Waals surface area contributed by atoms with E-state index in [1.807, 2.05) is 0 Å². The highest BCUT2D eigenvalue weighted by Gasteiger charge is 2.12. The number of rotatable bonds is 6. The van der Waals surface area contributed by atoms with Crippen LogP contribution in [0.2, 0.25) is 0 Å². The Kier molecular flexibility index (Phi) is 11.8. The minimum absolute atomic E-state index is 0.160. The van der Waals surface area contributed by atoms with Crippen molar-refractivity contribution in [1.29, 1.82) is 0 Å². The first-order valence-electron chi connectivity index (χ1n) is 8.41. The van der Waals surface area contributed by atoms with Crippen molar-refractivity contribution in [3.63, 3.8) is 0 Å². The summed E-state index contributed by atoms with van der Waals surface area (Å²) in [6.45, 7) is 0. The number of hydrogen-bond acceptors (Lipinski definition) is 8. The van der Waals surface area contributed by atoms with E-state index in [-0.39, 0.29) is 24.3 Å². The number of hydrogen-bond donors (Lipinski definition) is 8. The van der Waals surface area contributed by atoms with E-state index < -0.39 is 34.4 Å². The Morgan fingerprint density at radius 1 is 0.710 bits per heavy atom. The zero-order valence-corrected chi connectivity index (χ0v) is 16.9. The summed E-state index contributed by atoms with van der Waals surface area (Å²) in [5.41, 5.74) is 12.2. The normalized spacial score (nSPS) is 12.3. The number of carbonyl (C=O) groups is 2. The van der Waals surface area contributed by atoms with Gasteiger partial charge in [0.25, 0.3) is 0 Å². The first-order chi connectivity index (χ1) is 14.2. The molecule has 0 amide bonds. The molecule has 13 heteroatoms. The van der Waals surface area contributed by atoms with Crippen LogP contribution in [0.1, 0.15) is 11.1 Å². The molecule has 0 radical (unpaired) electrons. The first kappa shape index (κ1) is 27.8. The van der Waals surface area contributed by atoms with Gasteiger partial charge >= 0.3 is 22.3 Å². The fraction of sp³-hybridized carbons (Fsp3) is 0.222. The quantitative estimate of drug-likeness (QED) is 0.266. The minimum atomic E-state index is -4.67. The molecule has 0 aliphatic carbocycles. The Labute approximate surface area is 178 Å². The van der Waals surface area contributed by atoms with Crippen LogP contribution in [-0.2, 0) is 32.8 Å². The third kappa shape index (κ3) is 15.3. The van der Waals surface area contributed by atoms with Crippen molar-refractivity contribution >= 4 is 22.3 Å². The lowest BCUT2D eigenvalue weighted by Crippen LogP contribution is -2.32. The van der Waals surface area contributed by atoms with Gasteiger partial charge in [0.1, 0.15) is 23.6 Å². The molecule has 2 rings (SSSR count). The first-order valence-corrected chi connectivity index (χ1v) is 9.81. The summed E-state index contributed by atoms with van der Waals surface area (Å²) in [6.07, 6.45) is 0.547. The van der Waals surface area contributed by atoms with Gasteiger partial charge in [0.15, 0.2) is 0 Å². The van der Waals surface area contributed by atoms with E-state index in [4.69, 9.17) is 49.4 Å². The summed E-state index contributed by atoms with van der Waals surface area (Å²) in [5, 5.41) is 35.0. The maximum Gasteiger partial charge on any atom is 0.394 e. The van der Waals surface area contributed by atoms with Crippen LogP contribution in [0.5, 0.6) is 11.5 Å². The maximum atomic E-state index is 10.4. The van der Waals surface area contributed by atoms with Crippen LogP contribution in [-0.4, -0.2) is 62.0 Å². The highest BCUT2D eigenvalue weighted by Crippen LogP contribution is 2.11. The molecular formula is C18H24N2O10S. The van der Waals surface area contributed by atoms with E-state index in [1.165, 1.54) is 24.3 Å². The topological polar surface area (TPSA) is 242 Å². The molecule has 0 spiro atoms. The highest BCUT2D eigenvalue weighted by atomic mass is 32.3. The second-order valence-electron chi connectivity index (χ2n) is 6.08. The molecule has 12 nitrogen and oxygen atoms in total. The number of nitrogens with two attached hydrogens (primary N) is 2. The van der Waals surface area contributed by atoms with Crippen molar-refractivity contribution < 1.29 is 47.5 Å². The van der Waals surface area contributed by atoms with Gasteiger partial charge in [0.2, 0.25) is 0 Å². The average molecular weight is 460 g/mol. The molecular weight excluding hydrogens is 436 g/mol. The second-order valence-corrected chi connectivity index (χ2v) is 6.97. The Morgan fingerprint density at radius 3 is 1.13 bits per heavy atom. The molecule has 0 aliphatic heterocycles. The molecule has 0 fully saturated rings. The van der Waals surface area contributed by atoms with Gasteiger partial charge in [-0.05, 0) is 48.2 Å². The molecule has 0 bridgehead atoms. The number of carboxylic acid groups (broad SMARTS) is 2. The Balaban J connectivity index is 0.000000479. The predicted octanol–water partition coefficient (Wildman–Crippen LogP) is 0.0404. The maximum absolute atomic E-state index is 10.4. The number of benzene rings is 2. The number of carboxylic acids is 2. The van der Waals surface area contributed by atoms with Crippen molar-refractivity contribution in [1.82, 2.24) is 0 Å². The van der Waals surface area contributed by atoms with Gasteiger partial charge in [0, 0.05) is 0 Å². The van der Waals surface area contributed by atoms with Gasteiger partial charge in [-0.3, -0.25) is 18.7 Å². The molecule has 0 aliphatic rings. The van der Waals surface area contributed by atoms with Crippen molar-refractivity contribution in [2.45, 2.75) is 24.9 Å². The molecule has 172 valence electrons. The molecule has 10 N–H and O–H groups in total. The Morgan fingerprint density at radius 2 is 0.935 bits per heavy atom. The van der Waals surface area contributed by atoms with Crippen molar-refractivity contribution in [3.8, 4) is 11.5 Å². The van der Waals surface area contributed by atoms with Crippen LogP contribution in [0.3, 0.4) is 0 Å². The predicted molar refractivity (Wildman–Crippen MR) is 109 cm³/mol. The van der Waals surface area contributed by atoms with Gasteiger partial charge in [0.05, 0.1) is 0 Å². The van der Waals surface area contributed by atoms with E-state index in [2.05, 4.69) is 0 Å². The summed E-state index contributed by atoms with van der Waals surface area (Å²) in [4.78, 5) is 20.8. The largest absolute Gasteiger partial charge is 0.508 e. The number of phenolic OH excluding ortho intramolecular Hbond substituents is 2. The molecule has 0 aromatic heterocycles. The fourth-order valence-electron chi connectivity index (χ4n) is 1.95. The fourth-order valence-corrected chi connectivity index (χ4v) is 1.95. The monoisotopic (exact) mass is 460 g/mol. The van der Waals surface area contributed by atoms with Crippen molar-refractivity contribution in [3.05, 3.63) is 59.7 Å². The standard InChI is InChI=1S/2C9H11NO3.H2O4S/c2*10-8(9(12)13)5-6-1-3-7(11)4-2-6;1-5(2,3)4/h2*1-4,8,11H,5,10H2,(H,12,13);(H2,1,2,3,4). The lowest BCUT2D eigenvalue weighted by atomic mass is 10.1. The Hall–Kier alpha value is -3.23. The number of phenols is 2.